The number of halogens is 1. The Morgan fingerprint density at radius 3 is 1.48 bits per heavy atom. The van der Waals surface area contributed by atoms with E-state index >= 15 is 0 Å². The molecule has 0 bridgehead atoms. The number of phenols is 1. The first-order chi connectivity index (χ1) is 14.9. The second kappa shape index (κ2) is 8.30. The van der Waals surface area contributed by atoms with E-state index in [1.807, 2.05) is 54.6 Å². The molecule has 2 N–H and O–H groups in total. The van der Waals surface area contributed by atoms with Gasteiger partial charge in [-0.3, -0.25) is 0 Å². The number of benzene rings is 4. The Bertz CT molecular complexity index is 1110. The molecule has 0 saturated heterocycles. The van der Waals surface area contributed by atoms with Gasteiger partial charge in [-0.2, -0.15) is 0 Å². The van der Waals surface area contributed by atoms with Gasteiger partial charge in [0.1, 0.15) is 0 Å². The van der Waals surface area contributed by atoms with Crippen molar-refractivity contribution in [2.75, 3.05) is 0 Å². The van der Waals surface area contributed by atoms with Gasteiger partial charge < -0.3 is 0 Å². The number of carboxylic acids is 1. The topological polar surface area (TPSA) is 57.5 Å². The second-order valence-corrected chi connectivity index (χ2v) is 16.4. The molecule has 0 heterocycles. The first kappa shape index (κ1) is 21.3. The number of hydrogen-bond donors (Lipinski definition) is 2. The summed E-state index contributed by atoms with van der Waals surface area (Å²) >= 11 is 4.32. The van der Waals surface area contributed by atoms with Gasteiger partial charge >= 0.3 is 190 Å². The van der Waals surface area contributed by atoms with Crippen LogP contribution in [0.1, 0.15) is 15.9 Å². The zero-order chi connectivity index (χ0) is 21.9. The number of carbonyl (C=O) groups is 1. The molecule has 0 aromatic heterocycles. The van der Waals surface area contributed by atoms with E-state index in [-0.39, 0.29) is 11.3 Å². The summed E-state index contributed by atoms with van der Waals surface area (Å²) in [4.78, 5) is 11.7. The predicted octanol–water partition coefficient (Wildman–Crippen LogP) is 5.43. The Labute approximate surface area is 189 Å². The van der Waals surface area contributed by atoms with Gasteiger partial charge in [-0.25, -0.2) is 0 Å². The van der Waals surface area contributed by atoms with Crippen molar-refractivity contribution in [3.8, 4) is 5.75 Å². The van der Waals surface area contributed by atoms with Gasteiger partial charge in [-0.05, 0) is 0 Å². The van der Waals surface area contributed by atoms with Crippen molar-refractivity contribution in [3.05, 3.63) is 120 Å². The van der Waals surface area contributed by atoms with Gasteiger partial charge in [0.05, 0.1) is 0 Å². The summed E-state index contributed by atoms with van der Waals surface area (Å²) in [7, 11) is 0. The second-order valence-electron chi connectivity index (χ2n) is 7.47. The number of aromatic carboxylic acids is 1. The van der Waals surface area contributed by atoms with Gasteiger partial charge in [0.15, 0.2) is 0 Å². The van der Waals surface area contributed by atoms with Crippen molar-refractivity contribution in [2.24, 2.45) is 0 Å². The summed E-state index contributed by atoms with van der Waals surface area (Å²) in [6.07, 6.45) is 0.427. The maximum absolute atomic E-state index is 11.7. The minimum atomic E-state index is -3.31. The van der Waals surface area contributed by atoms with E-state index < -0.39 is 11.3 Å². The van der Waals surface area contributed by atoms with Crippen LogP contribution in [0, 0.1) is 0 Å². The van der Waals surface area contributed by atoms with Crippen LogP contribution in [0.5, 0.6) is 5.75 Å². The Balaban J connectivity index is 2.10. The summed E-state index contributed by atoms with van der Waals surface area (Å²) in [5.41, 5.74) is 0.496. The summed E-state index contributed by atoms with van der Waals surface area (Å²) < 4.78 is 0. The van der Waals surface area contributed by atoms with Gasteiger partial charge in [-0.15, -0.1) is 0 Å². The fourth-order valence-electron chi connectivity index (χ4n) is 4.15. The predicted molar refractivity (Wildman–Crippen MR) is 133 cm³/mol. The summed E-state index contributed by atoms with van der Waals surface area (Å²) in [6.45, 7) is 0. The Morgan fingerprint density at radius 2 is 1.10 bits per heavy atom. The molecular formula is C26H22BrO3P. The van der Waals surface area contributed by atoms with Crippen LogP contribution in [-0.4, -0.2) is 16.2 Å². The molecule has 3 nitrogen and oxygen atoms in total. The number of rotatable bonds is 6. The average Bonchev–Trinajstić information content (AvgIpc) is 2.82. The van der Waals surface area contributed by atoms with Crippen molar-refractivity contribution >= 4 is 42.7 Å². The number of hydrogen-bond acceptors (Lipinski definition) is 2. The van der Waals surface area contributed by atoms with E-state index in [0.29, 0.717) is 11.7 Å². The van der Waals surface area contributed by atoms with Crippen molar-refractivity contribution in [3.63, 3.8) is 0 Å². The number of aromatic hydroxyl groups is 1. The van der Waals surface area contributed by atoms with Crippen LogP contribution in [0.25, 0.3) is 0 Å². The SMILES string of the molecule is O=C(O)c1cccc(CP(Br)(c2ccccc2)(c2ccccc2)c2ccccc2)c1O. The summed E-state index contributed by atoms with van der Waals surface area (Å²) in [6, 6.07) is 35.5. The molecule has 0 unspecified atom stereocenters. The Hall–Kier alpha value is -2.94. The van der Waals surface area contributed by atoms with Crippen LogP contribution >= 0.6 is 20.8 Å². The third kappa shape index (κ3) is 3.56. The van der Waals surface area contributed by atoms with E-state index in [9.17, 15) is 15.0 Å². The molecular weight excluding hydrogens is 471 g/mol. The van der Waals surface area contributed by atoms with Crippen LogP contribution in [-0.2, 0) is 6.16 Å². The normalized spacial score (nSPS) is 12.6. The first-order valence-electron chi connectivity index (χ1n) is 9.89. The quantitative estimate of drug-likeness (QED) is 0.353. The van der Waals surface area contributed by atoms with E-state index in [2.05, 4.69) is 51.9 Å². The van der Waals surface area contributed by atoms with Crippen molar-refractivity contribution in [2.45, 2.75) is 6.16 Å². The molecule has 0 atom stereocenters. The minimum absolute atomic E-state index is 0.0933. The number of carboxylic acid groups (broad SMARTS) is 1. The van der Waals surface area contributed by atoms with Crippen LogP contribution < -0.4 is 15.9 Å². The van der Waals surface area contributed by atoms with Crippen LogP contribution in [0.3, 0.4) is 0 Å². The maximum atomic E-state index is 11.7. The molecule has 4 aromatic carbocycles. The molecule has 5 heteroatoms. The molecule has 0 saturated carbocycles. The monoisotopic (exact) mass is 492 g/mol. The van der Waals surface area contributed by atoms with Crippen molar-refractivity contribution < 1.29 is 15.0 Å². The average molecular weight is 493 g/mol. The Kier molecular flexibility index (Phi) is 5.70. The zero-order valence-corrected chi connectivity index (χ0v) is 19.2. The molecule has 0 aliphatic rings. The molecule has 31 heavy (non-hydrogen) atoms. The van der Waals surface area contributed by atoms with Gasteiger partial charge in [0, 0.05) is 0 Å². The Morgan fingerprint density at radius 1 is 0.677 bits per heavy atom. The van der Waals surface area contributed by atoms with Crippen LogP contribution in [0.2, 0.25) is 0 Å². The molecule has 0 radical (unpaired) electrons. The first-order valence-corrected chi connectivity index (χ1v) is 14.3. The molecule has 0 aliphatic carbocycles. The van der Waals surface area contributed by atoms with E-state index in [0.717, 1.165) is 15.9 Å². The van der Waals surface area contributed by atoms with Gasteiger partial charge in [0.25, 0.3) is 0 Å². The van der Waals surface area contributed by atoms with Gasteiger partial charge in [0.2, 0.25) is 0 Å². The van der Waals surface area contributed by atoms with Crippen molar-refractivity contribution in [1.82, 2.24) is 0 Å². The molecule has 0 aliphatic heterocycles. The fourth-order valence-corrected chi connectivity index (χ4v) is 11.8. The van der Waals surface area contributed by atoms with Gasteiger partial charge in [-0.1, -0.05) is 0 Å². The zero-order valence-electron chi connectivity index (χ0n) is 16.7. The molecule has 4 aromatic rings. The number of para-hydroxylation sites is 1. The van der Waals surface area contributed by atoms with Crippen LogP contribution in [0.4, 0.5) is 0 Å². The molecule has 156 valence electrons. The van der Waals surface area contributed by atoms with E-state index in [4.69, 9.17) is 0 Å². The van der Waals surface area contributed by atoms with Crippen molar-refractivity contribution in [1.29, 1.82) is 0 Å². The van der Waals surface area contributed by atoms with E-state index in [1.54, 1.807) is 12.1 Å². The molecule has 0 fully saturated rings. The third-order valence-corrected chi connectivity index (χ3v) is 15.2. The van der Waals surface area contributed by atoms with Crippen LogP contribution in [0.15, 0.2) is 109 Å². The third-order valence-electron chi connectivity index (χ3n) is 5.70. The standard InChI is InChI=1S/C26H22BrO3P/c27-31(21-12-4-1-5-13-21,22-14-6-2-7-15-22,23-16-8-3-9-17-23)19-20-11-10-18-24(25(20)28)26(29)30/h1-18,28H,19H2,(H,29,30). The summed E-state index contributed by atoms with van der Waals surface area (Å²) in [5, 5.41) is 20.4. The fraction of sp³-hybridized carbons (Fsp3) is 0.0385. The molecule has 0 spiro atoms. The van der Waals surface area contributed by atoms with E-state index in [1.165, 1.54) is 6.07 Å². The summed E-state index contributed by atoms with van der Waals surface area (Å²) in [5.74, 6) is -1.33. The molecule has 4 rings (SSSR count). The molecule has 0 amide bonds.